The van der Waals surface area contributed by atoms with Crippen LogP contribution < -0.4 is 0 Å². The van der Waals surface area contributed by atoms with Gasteiger partial charge in [0.15, 0.2) is 0 Å². The summed E-state index contributed by atoms with van der Waals surface area (Å²) in [5, 5.41) is 0. The van der Waals surface area contributed by atoms with Crippen molar-refractivity contribution in [3.05, 3.63) is 11.6 Å². The van der Waals surface area contributed by atoms with Gasteiger partial charge in [0, 0.05) is 12.3 Å². The molecule has 0 unspecified atom stereocenters. The van der Waals surface area contributed by atoms with E-state index in [0.717, 1.165) is 18.5 Å². The zero-order valence-corrected chi connectivity index (χ0v) is 11.7. The maximum atomic E-state index is 11.5. The minimum atomic E-state index is -0.363. The van der Waals surface area contributed by atoms with Crippen molar-refractivity contribution < 1.29 is 19.1 Å². The van der Waals surface area contributed by atoms with Gasteiger partial charge in [-0.3, -0.25) is 9.59 Å². The van der Waals surface area contributed by atoms with Gasteiger partial charge >= 0.3 is 5.97 Å². The van der Waals surface area contributed by atoms with Crippen LogP contribution in [0.2, 0.25) is 0 Å². The number of aldehydes is 2. The van der Waals surface area contributed by atoms with Gasteiger partial charge in [-0.2, -0.15) is 11.8 Å². The lowest BCUT2D eigenvalue weighted by Gasteiger charge is -2.13. The maximum Gasteiger partial charge on any atom is 0.306 e. The molecule has 0 radical (unpaired) electrons. The second kappa shape index (κ2) is 11.0. The Labute approximate surface area is 112 Å². The van der Waals surface area contributed by atoms with Gasteiger partial charge in [-0.1, -0.05) is 6.08 Å². The quantitative estimate of drug-likeness (QED) is 0.263. The number of hydrogen-bond acceptors (Lipinski definition) is 5. The Morgan fingerprint density at radius 1 is 1.39 bits per heavy atom. The summed E-state index contributed by atoms with van der Waals surface area (Å²) in [4.78, 5) is 32.9. The molecule has 0 fully saturated rings. The summed E-state index contributed by atoms with van der Waals surface area (Å²) < 4.78 is 5.05. The molecule has 0 aliphatic heterocycles. The normalized spacial score (nSPS) is 12.9. The van der Waals surface area contributed by atoms with Gasteiger partial charge in [0.05, 0.1) is 13.0 Å². The van der Waals surface area contributed by atoms with Crippen molar-refractivity contribution in [2.75, 3.05) is 18.6 Å². The predicted molar refractivity (Wildman–Crippen MR) is 72.6 cm³/mol. The molecule has 0 rings (SSSR count). The Morgan fingerprint density at radius 2 is 2.11 bits per heavy atom. The molecule has 0 saturated carbocycles. The number of esters is 1. The highest BCUT2D eigenvalue weighted by Crippen LogP contribution is 2.17. The summed E-state index contributed by atoms with van der Waals surface area (Å²) in [6.45, 7) is 2.10. The summed E-state index contributed by atoms with van der Waals surface area (Å²) in [5.41, 5.74) is 0.475. The third-order valence-electron chi connectivity index (χ3n) is 2.49. The van der Waals surface area contributed by atoms with E-state index >= 15 is 0 Å². The topological polar surface area (TPSA) is 60.4 Å². The monoisotopic (exact) mass is 272 g/mol. The zero-order chi connectivity index (χ0) is 13.8. The fraction of sp³-hybridized carbons (Fsp3) is 0.615. The summed E-state index contributed by atoms with van der Waals surface area (Å²) >= 11 is 1.69. The van der Waals surface area contributed by atoms with E-state index < -0.39 is 0 Å². The van der Waals surface area contributed by atoms with Crippen molar-refractivity contribution in [3.63, 3.8) is 0 Å². The van der Waals surface area contributed by atoms with E-state index in [1.165, 1.54) is 0 Å². The van der Waals surface area contributed by atoms with Crippen LogP contribution in [-0.4, -0.2) is 37.2 Å². The van der Waals surface area contributed by atoms with E-state index in [4.69, 9.17) is 4.74 Å². The molecule has 5 heteroatoms. The number of thioether (sulfide) groups is 1. The molecule has 0 aromatic carbocycles. The van der Waals surface area contributed by atoms with Crippen LogP contribution in [0.25, 0.3) is 0 Å². The lowest BCUT2D eigenvalue weighted by Crippen LogP contribution is -2.15. The molecule has 0 saturated heterocycles. The van der Waals surface area contributed by atoms with Crippen LogP contribution in [0.5, 0.6) is 0 Å². The average molecular weight is 272 g/mol. The van der Waals surface area contributed by atoms with Gasteiger partial charge in [-0.15, -0.1) is 0 Å². The van der Waals surface area contributed by atoms with E-state index in [1.54, 1.807) is 24.8 Å². The fourth-order valence-corrected chi connectivity index (χ4v) is 1.91. The second-order valence-electron chi connectivity index (χ2n) is 3.78. The molecule has 18 heavy (non-hydrogen) atoms. The molecule has 0 spiro atoms. The van der Waals surface area contributed by atoms with Crippen LogP contribution in [0.3, 0.4) is 0 Å². The number of carbonyl (C=O) groups is 3. The zero-order valence-electron chi connectivity index (χ0n) is 10.9. The predicted octanol–water partition coefficient (Wildman–Crippen LogP) is 2.02. The summed E-state index contributed by atoms with van der Waals surface area (Å²) in [6, 6.07) is 0. The van der Waals surface area contributed by atoms with Crippen molar-refractivity contribution in [1.29, 1.82) is 0 Å². The minimum absolute atomic E-state index is 0.0798. The Balaban J connectivity index is 4.19. The third-order valence-corrected chi connectivity index (χ3v) is 3.19. The van der Waals surface area contributed by atoms with Gasteiger partial charge in [0.2, 0.25) is 0 Å². The lowest BCUT2D eigenvalue weighted by atomic mass is 9.93. The number of carbonyl (C=O) groups excluding carboxylic acids is 3. The van der Waals surface area contributed by atoms with Crippen molar-refractivity contribution in [2.24, 2.45) is 5.92 Å². The first-order valence-corrected chi connectivity index (χ1v) is 7.28. The molecule has 1 atom stereocenters. The minimum Gasteiger partial charge on any atom is -0.466 e. The molecule has 0 aromatic rings. The molecule has 0 aromatic heterocycles. The molecule has 0 bridgehead atoms. The van der Waals surface area contributed by atoms with E-state index in [1.807, 2.05) is 6.26 Å². The highest BCUT2D eigenvalue weighted by molar-refractivity contribution is 7.98. The molecular formula is C13H20O4S. The summed E-state index contributed by atoms with van der Waals surface area (Å²) in [7, 11) is 0. The standard InChI is InChI=1S/C13H20O4S/c1-3-11(10-15)12(5-6-14)9-13(16)17-7-4-8-18-2/h3,6,10,12H,4-5,7-9H2,1-2H3/b11-3-/t12-/m0/s1. The third kappa shape index (κ3) is 7.27. The largest absolute Gasteiger partial charge is 0.466 e. The Morgan fingerprint density at radius 3 is 2.61 bits per heavy atom. The van der Waals surface area contributed by atoms with Crippen LogP contribution in [0.4, 0.5) is 0 Å². The molecule has 0 heterocycles. The van der Waals surface area contributed by atoms with Crippen molar-refractivity contribution >= 4 is 30.3 Å². The number of hydrogen-bond donors (Lipinski definition) is 0. The number of ether oxygens (including phenoxy) is 1. The van der Waals surface area contributed by atoms with E-state index in [9.17, 15) is 14.4 Å². The molecule has 0 aliphatic rings. The molecule has 0 N–H and O–H groups in total. The molecular weight excluding hydrogens is 252 g/mol. The highest BCUT2D eigenvalue weighted by atomic mass is 32.2. The second-order valence-corrected chi connectivity index (χ2v) is 4.76. The van der Waals surface area contributed by atoms with Crippen molar-refractivity contribution in [2.45, 2.75) is 26.2 Å². The molecule has 102 valence electrons. The summed E-state index contributed by atoms with van der Waals surface area (Å²) in [6.07, 6.45) is 6.09. The smallest absolute Gasteiger partial charge is 0.306 e. The first kappa shape index (κ1) is 16.9. The number of allylic oxidation sites excluding steroid dienone is 2. The van der Waals surface area contributed by atoms with Gasteiger partial charge in [0.25, 0.3) is 0 Å². The van der Waals surface area contributed by atoms with Crippen LogP contribution in [0.1, 0.15) is 26.2 Å². The van der Waals surface area contributed by atoms with E-state index in [2.05, 4.69) is 0 Å². The van der Waals surface area contributed by atoms with Crippen LogP contribution in [0, 0.1) is 5.92 Å². The highest BCUT2D eigenvalue weighted by Gasteiger charge is 2.18. The molecule has 4 nitrogen and oxygen atoms in total. The van der Waals surface area contributed by atoms with Gasteiger partial charge in [-0.05, 0) is 30.9 Å². The maximum absolute atomic E-state index is 11.5. The first-order valence-electron chi connectivity index (χ1n) is 5.89. The average Bonchev–Trinajstić information content (AvgIpc) is 2.36. The van der Waals surface area contributed by atoms with E-state index in [0.29, 0.717) is 18.5 Å². The van der Waals surface area contributed by atoms with Crippen molar-refractivity contribution in [1.82, 2.24) is 0 Å². The van der Waals surface area contributed by atoms with Gasteiger partial charge < -0.3 is 9.53 Å². The Kier molecular flexibility index (Phi) is 10.3. The van der Waals surface area contributed by atoms with Crippen LogP contribution >= 0.6 is 11.8 Å². The molecule has 0 amide bonds. The van der Waals surface area contributed by atoms with Crippen LogP contribution in [-0.2, 0) is 19.1 Å². The lowest BCUT2D eigenvalue weighted by molar-refractivity contribution is -0.144. The van der Waals surface area contributed by atoms with E-state index in [-0.39, 0.29) is 24.7 Å². The first-order chi connectivity index (χ1) is 8.69. The van der Waals surface area contributed by atoms with Gasteiger partial charge in [0.1, 0.15) is 12.6 Å². The Bertz CT molecular complexity index is 299. The summed E-state index contributed by atoms with van der Waals surface area (Å²) in [5.74, 6) is 0.224. The number of rotatable bonds is 10. The van der Waals surface area contributed by atoms with Crippen molar-refractivity contribution in [3.8, 4) is 0 Å². The molecule has 0 aliphatic carbocycles. The van der Waals surface area contributed by atoms with Gasteiger partial charge in [-0.25, -0.2) is 0 Å². The SMILES string of the molecule is C/C=C(/C=O)[C@@H](CC=O)CC(=O)OCCCSC. The fourth-order valence-electron chi connectivity index (χ4n) is 1.50. The Hall–Kier alpha value is -1.10. The van der Waals surface area contributed by atoms with Crippen LogP contribution in [0.15, 0.2) is 11.6 Å².